The molecule has 28 heavy (non-hydrogen) atoms. The van der Waals surface area contributed by atoms with E-state index in [1.54, 1.807) is 0 Å². The minimum absolute atomic E-state index is 0.0662. The Hall–Kier alpha value is -3.01. The molecule has 1 N–H and O–H groups in total. The van der Waals surface area contributed by atoms with Gasteiger partial charge in [-0.1, -0.05) is 42.3 Å². The molecule has 0 spiro atoms. The zero-order chi connectivity index (χ0) is 20.4. The molecule has 1 aromatic heterocycles. The van der Waals surface area contributed by atoms with Gasteiger partial charge in [-0.25, -0.2) is 4.79 Å². The summed E-state index contributed by atoms with van der Waals surface area (Å²) in [5.74, 6) is 0.907. The Kier molecular flexibility index (Phi) is 5.59. The summed E-state index contributed by atoms with van der Waals surface area (Å²) in [6, 6.07) is 13.3. The van der Waals surface area contributed by atoms with Gasteiger partial charge >= 0.3 is 5.63 Å². The van der Waals surface area contributed by atoms with Crippen LogP contribution in [0.5, 0.6) is 11.5 Å². The lowest BCUT2D eigenvalue weighted by Crippen LogP contribution is -2.12. The van der Waals surface area contributed by atoms with Gasteiger partial charge in [-0.05, 0) is 56.5 Å². The molecular formula is C24H26O4. The third-order valence-electron chi connectivity index (χ3n) is 4.88. The molecule has 0 aliphatic heterocycles. The van der Waals surface area contributed by atoms with Gasteiger partial charge in [0.2, 0.25) is 0 Å². The van der Waals surface area contributed by atoms with Crippen molar-refractivity contribution in [2.24, 2.45) is 0 Å². The Bertz CT molecular complexity index is 1020. The maximum atomic E-state index is 12.7. The molecule has 0 bridgehead atoms. The van der Waals surface area contributed by atoms with Gasteiger partial charge in [0, 0.05) is 12.0 Å². The molecule has 3 rings (SSSR count). The fraction of sp³-hybridized carbons (Fsp3) is 0.292. The van der Waals surface area contributed by atoms with Gasteiger partial charge in [0.1, 0.15) is 22.8 Å². The number of aryl methyl sites for hydroxylation is 4. The molecule has 0 amide bonds. The Labute approximate surface area is 165 Å². The van der Waals surface area contributed by atoms with Crippen LogP contribution in [0, 0.1) is 27.7 Å². The summed E-state index contributed by atoms with van der Waals surface area (Å²) >= 11 is 0. The summed E-state index contributed by atoms with van der Waals surface area (Å²) in [4.78, 5) is 12.7. The highest BCUT2D eigenvalue weighted by atomic mass is 16.5. The van der Waals surface area contributed by atoms with E-state index in [4.69, 9.17) is 9.15 Å². The topological polar surface area (TPSA) is 59.7 Å². The van der Waals surface area contributed by atoms with Gasteiger partial charge in [-0.3, -0.25) is 0 Å². The largest absolute Gasteiger partial charge is 0.507 e. The molecule has 4 heteroatoms. The molecule has 146 valence electrons. The molecule has 3 aromatic rings. The summed E-state index contributed by atoms with van der Waals surface area (Å²) in [6.07, 6.45) is 0. The minimum Gasteiger partial charge on any atom is -0.507 e. The first-order chi connectivity index (χ1) is 13.3. The Morgan fingerprint density at radius 3 is 2.11 bits per heavy atom. The van der Waals surface area contributed by atoms with Crippen LogP contribution in [0.3, 0.4) is 0 Å². The van der Waals surface area contributed by atoms with Crippen LogP contribution in [-0.4, -0.2) is 11.7 Å². The van der Waals surface area contributed by atoms with Crippen LogP contribution in [0.2, 0.25) is 0 Å². The van der Waals surface area contributed by atoms with Crippen molar-refractivity contribution in [2.75, 3.05) is 6.61 Å². The van der Waals surface area contributed by atoms with Gasteiger partial charge < -0.3 is 14.3 Å². The minimum atomic E-state index is -0.535. The highest BCUT2D eigenvalue weighted by molar-refractivity contribution is 5.75. The first kappa shape index (κ1) is 19.7. The Morgan fingerprint density at radius 2 is 1.54 bits per heavy atom. The van der Waals surface area contributed by atoms with Crippen LogP contribution in [0.25, 0.3) is 11.1 Å². The van der Waals surface area contributed by atoms with Crippen LogP contribution >= 0.6 is 0 Å². The zero-order valence-corrected chi connectivity index (χ0v) is 17.0. The maximum Gasteiger partial charge on any atom is 0.347 e. The molecule has 0 radical (unpaired) electrons. The van der Waals surface area contributed by atoms with Crippen molar-refractivity contribution in [3.63, 3.8) is 0 Å². The van der Waals surface area contributed by atoms with E-state index in [1.807, 2.05) is 71.0 Å². The van der Waals surface area contributed by atoms with Crippen molar-refractivity contribution in [3.8, 4) is 22.6 Å². The quantitative estimate of drug-likeness (QED) is 0.643. The number of hydrogen-bond acceptors (Lipinski definition) is 4. The normalized spacial score (nSPS) is 12.0. The molecule has 2 aromatic carbocycles. The SMILES string of the molecule is Cc1ccc(OCC(C)c2cc(O)c(-c3c(C)cc(C)cc3C)c(=O)o2)cc1. The predicted octanol–water partition coefficient (Wildman–Crippen LogP) is 5.43. The van der Waals surface area contributed by atoms with E-state index in [9.17, 15) is 9.90 Å². The third-order valence-corrected chi connectivity index (χ3v) is 4.88. The Morgan fingerprint density at radius 1 is 0.929 bits per heavy atom. The lowest BCUT2D eigenvalue weighted by atomic mass is 9.94. The van der Waals surface area contributed by atoms with Gasteiger partial charge in [0.15, 0.2) is 0 Å². The standard InChI is InChI=1S/C24H26O4/c1-14-6-8-19(9-7-14)27-13-18(5)21-12-20(25)23(24(26)28-21)22-16(3)10-15(2)11-17(22)4/h6-12,18,25H,13H2,1-5H3. The zero-order valence-electron chi connectivity index (χ0n) is 17.0. The van der Waals surface area contributed by atoms with Gasteiger partial charge in [-0.15, -0.1) is 0 Å². The molecule has 0 fully saturated rings. The maximum absolute atomic E-state index is 12.7. The van der Waals surface area contributed by atoms with E-state index in [0.29, 0.717) is 12.4 Å². The highest BCUT2D eigenvalue weighted by Gasteiger charge is 2.20. The van der Waals surface area contributed by atoms with Gasteiger partial charge in [-0.2, -0.15) is 0 Å². The summed E-state index contributed by atoms with van der Waals surface area (Å²) < 4.78 is 11.3. The number of rotatable bonds is 5. The van der Waals surface area contributed by atoms with Crippen molar-refractivity contribution in [3.05, 3.63) is 80.9 Å². The van der Waals surface area contributed by atoms with Crippen molar-refractivity contribution < 1.29 is 14.3 Å². The summed E-state index contributed by atoms with van der Waals surface area (Å²) in [6.45, 7) is 10.1. The Balaban J connectivity index is 1.87. The first-order valence-corrected chi connectivity index (χ1v) is 9.41. The van der Waals surface area contributed by atoms with Crippen LogP contribution < -0.4 is 10.4 Å². The third kappa shape index (κ3) is 4.11. The second kappa shape index (κ2) is 7.93. The fourth-order valence-corrected chi connectivity index (χ4v) is 3.48. The number of aromatic hydroxyl groups is 1. The molecule has 0 saturated heterocycles. The molecule has 1 unspecified atom stereocenters. The van der Waals surface area contributed by atoms with E-state index in [1.165, 1.54) is 6.07 Å². The van der Waals surface area contributed by atoms with Crippen LogP contribution in [0.4, 0.5) is 0 Å². The summed E-state index contributed by atoms with van der Waals surface area (Å²) in [5.41, 5.74) is 4.55. The summed E-state index contributed by atoms with van der Waals surface area (Å²) in [5, 5.41) is 10.6. The highest BCUT2D eigenvalue weighted by Crippen LogP contribution is 2.33. The second-order valence-corrected chi connectivity index (χ2v) is 7.50. The monoisotopic (exact) mass is 378 g/mol. The lowest BCUT2D eigenvalue weighted by molar-refractivity contribution is 0.273. The molecule has 0 aliphatic rings. The van der Waals surface area contributed by atoms with E-state index >= 15 is 0 Å². The van der Waals surface area contributed by atoms with Crippen molar-refractivity contribution in [2.45, 2.75) is 40.5 Å². The van der Waals surface area contributed by atoms with Crippen molar-refractivity contribution in [1.82, 2.24) is 0 Å². The lowest BCUT2D eigenvalue weighted by Gasteiger charge is -2.15. The first-order valence-electron chi connectivity index (χ1n) is 9.41. The molecular weight excluding hydrogens is 352 g/mol. The number of ether oxygens (including phenoxy) is 1. The van der Waals surface area contributed by atoms with E-state index < -0.39 is 5.63 Å². The number of benzene rings is 2. The molecule has 1 atom stereocenters. The van der Waals surface area contributed by atoms with E-state index in [2.05, 4.69) is 0 Å². The van der Waals surface area contributed by atoms with Crippen molar-refractivity contribution in [1.29, 1.82) is 0 Å². The fourth-order valence-electron chi connectivity index (χ4n) is 3.48. The van der Waals surface area contributed by atoms with Gasteiger partial charge in [0.25, 0.3) is 0 Å². The van der Waals surface area contributed by atoms with E-state index in [-0.39, 0.29) is 17.2 Å². The van der Waals surface area contributed by atoms with Crippen molar-refractivity contribution >= 4 is 0 Å². The van der Waals surface area contributed by atoms with Crippen LogP contribution in [0.15, 0.2) is 51.7 Å². The predicted molar refractivity (Wildman–Crippen MR) is 111 cm³/mol. The number of hydrogen-bond donors (Lipinski definition) is 1. The van der Waals surface area contributed by atoms with Crippen LogP contribution in [0.1, 0.15) is 40.9 Å². The second-order valence-electron chi connectivity index (χ2n) is 7.50. The molecule has 0 aliphatic carbocycles. The van der Waals surface area contributed by atoms with E-state index in [0.717, 1.165) is 33.6 Å². The molecule has 1 heterocycles. The van der Waals surface area contributed by atoms with Crippen LogP contribution in [-0.2, 0) is 0 Å². The summed E-state index contributed by atoms with van der Waals surface area (Å²) in [7, 11) is 0. The molecule has 4 nitrogen and oxygen atoms in total. The average molecular weight is 378 g/mol. The molecule has 0 saturated carbocycles. The van der Waals surface area contributed by atoms with Gasteiger partial charge in [0.05, 0.1) is 6.61 Å². The average Bonchev–Trinajstić information content (AvgIpc) is 2.62. The smallest absolute Gasteiger partial charge is 0.347 e.